The summed E-state index contributed by atoms with van der Waals surface area (Å²) in [5, 5.41) is 2.76. The first kappa shape index (κ1) is 22.7. The summed E-state index contributed by atoms with van der Waals surface area (Å²) < 4.78 is 37.9. The smallest absolute Gasteiger partial charge is 0.255 e. The number of anilines is 1. The largest absolute Gasteiger partial charge is 0.493 e. The molecule has 0 aliphatic carbocycles. The van der Waals surface area contributed by atoms with Gasteiger partial charge in [0.15, 0.2) is 11.5 Å². The summed E-state index contributed by atoms with van der Waals surface area (Å²) >= 11 is 0. The van der Waals surface area contributed by atoms with E-state index in [4.69, 9.17) is 9.47 Å². The van der Waals surface area contributed by atoms with E-state index in [1.165, 1.54) is 17.5 Å². The summed E-state index contributed by atoms with van der Waals surface area (Å²) in [6.07, 6.45) is 0. The minimum atomic E-state index is -3.63. The van der Waals surface area contributed by atoms with Gasteiger partial charge in [0.1, 0.15) is 0 Å². The molecule has 1 N–H and O–H groups in total. The molecule has 2 rings (SSSR count). The lowest BCUT2D eigenvalue weighted by molar-refractivity contribution is 0.102. The highest BCUT2D eigenvalue weighted by atomic mass is 32.2. The highest BCUT2D eigenvalue weighted by Gasteiger charge is 2.24. The number of methoxy groups -OCH3 is 1. The van der Waals surface area contributed by atoms with Crippen molar-refractivity contribution >= 4 is 21.6 Å². The topological polar surface area (TPSA) is 84.9 Å². The van der Waals surface area contributed by atoms with E-state index < -0.39 is 10.0 Å². The summed E-state index contributed by atoms with van der Waals surface area (Å²) in [6.45, 7) is 8.42. The molecule has 0 saturated heterocycles. The van der Waals surface area contributed by atoms with Gasteiger partial charge < -0.3 is 14.8 Å². The van der Waals surface area contributed by atoms with Gasteiger partial charge in [-0.15, -0.1) is 0 Å². The Balaban J connectivity index is 2.32. The predicted molar refractivity (Wildman–Crippen MR) is 113 cm³/mol. The number of ether oxygens (including phenoxy) is 2. The fourth-order valence-corrected chi connectivity index (χ4v) is 4.65. The van der Waals surface area contributed by atoms with Crippen molar-refractivity contribution in [1.29, 1.82) is 0 Å². The molecule has 2 aromatic carbocycles. The summed E-state index contributed by atoms with van der Waals surface area (Å²) in [7, 11) is -2.13. The fourth-order valence-electron chi connectivity index (χ4n) is 2.95. The molecule has 0 bridgehead atoms. The number of carbonyl (C=O) groups excluding carboxylic acids is 1. The second kappa shape index (κ2) is 9.76. The van der Waals surface area contributed by atoms with Crippen LogP contribution in [0.25, 0.3) is 0 Å². The molecule has 0 aliphatic heterocycles. The molecule has 0 aromatic heterocycles. The highest BCUT2D eigenvalue weighted by molar-refractivity contribution is 7.89. The highest BCUT2D eigenvalue weighted by Crippen LogP contribution is 2.29. The zero-order chi connectivity index (χ0) is 21.6. The molecule has 158 valence electrons. The van der Waals surface area contributed by atoms with Crippen LogP contribution in [0.1, 0.15) is 36.7 Å². The number of nitrogens with zero attached hydrogens (tertiary/aromatic N) is 1. The van der Waals surface area contributed by atoms with Gasteiger partial charge in [-0.2, -0.15) is 4.31 Å². The van der Waals surface area contributed by atoms with Crippen LogP contribution in [0, 0.1) is 6.92 Å². The lowest BCUT2D eigenvalue weighted by Gasteiger charge is -2.20. The lowest BCUT2D eigenvalue weighted by atomic mass is 10.1. The van der Waals surface area contributed by atoms with Crippen molar-refractivity contribution < 1.29 is 22.7 Å². The third-order valence-electron chi connectivity index (χ3n) is 4.49. The molecule has 0 saturated carbocycles. The van der Waals surface area contributed by atoms with Gasteiger partial charge in [0.2, 0.25) is 10.0 Å². The quantitative estimate of drug-likeness (QED) is 0.669. The summed E-state index contributed by atoms with van der Waals surface area (Å²) in [6, 6.07) is 9.74. The van der Waals surface area contributed by atoms with Crippen LogP contribution in [0.15, 0.2) is 41.3 Å². The third kappa shape index (κ3) is 5.07. The number of hydrogen-bond donors (Lipinski definition) is 1. The van der Waals surface area contributed by atoms with Crippen LogP contribution in [0.3, 0.4) is 0 Å². The number of rotatable bonds is 9. The van der Waals surface area contributed by atoms with E-state index in [0.717, 1.165) is 0 Å². The molecular formula is C21H28N2O5S. The normalized spacial score (nSPS) is 11.4. The number of hydrogen-bond acceptors (Lipinski definition) is 5. The second-order valence-corrected chi connectivity index (χ2v) is 8.23. The molecule has 0 atom stereocenters. The number of carbonyl (C=O) groups is 1. The molecule has 8 heteroatoms. The number of sulfonamides is 1. The summed E-state index contributed by atoms with van der Waals surface area (Å²) in [5.41, 5.74) is 1.40. The zero-order valence-corrected chi connectivity index (χ0v) is 18.3. The van der Waals surface area contributed by atoms with E-state index in [1.54, 1.807) is 51.1 Å². The SMILES string of the molecule is CCOc1ccc(C(=O)Nc2ccc(C)c(S(=O)(=O)N(CC)CC)c2)cc1OC. The molecule has 0 unspecified atom stereocenters. The van der Waals surface area contributed by atoms with Crippen LogP contribution in [0.4, 0.5) is 5.69 Å². The standard InChI is InChI=1S/C21H28N2O5S/c1-6-23(7-2)29(25,26)20-14-17(11-9-15(20)4)22-21(24)16-10-12-18(28-8-3)19(13-16)27-5/h9-14H,6-8H2,1-5H3,(H,22,24). The van der Waals surface area contributed by atoms with Crippen molar-refractivity contribution in [2.24, 2.45) is 0 Å². The van der Waals surface area contributed by atoms with E-state index in [9.17, 15) is 13.2 Å². The van der Waals surface area contributed by atoms with E-state index in [1.807, 2.05) is 6.92 Å². The molecule has 0 spiro atoms. The molecule has 29 heavy (non-hydrogen) atoms. The van der Waals surface area contributed by atoms with E-state index in [-0.39, 0.29) is 10.8 Å². The van der Waals surface area contributed by atoms with Crippen LogP contribution in [0.5, 0.6) is 11.5 Å². The second-order valence-electron chi connectivity index (χ2n) is 6.32. The number of nitrogens with one attached hydrogen (secondary N) is 1. The van der Waals surface area contributed by atoms with Gasteiger partial charge in [0.25, 0.3) is 5.91 Å². The fraction of sp³-hybridized carbons (Fsp3) is 0.381. The Morgan fingerprint density at radius 3 is 2.31 bits per heavy atom. The van der Waals surface area contributed by atoms with E-state index in [0.29, 0.717) is 48.0 Å². The minimum Gasteiger partial charge on any atom is -0.493 e. The number of benzene rings is 2. The summed E-state index contributed by atoms with van der Waals surface area (Å²) in [4.78, 5) is 12.9. The van der Waals surface area contributed by atoms with Gasteiger partial charge >= 0.3 is 0 Å². The Labute approximate surface area is 172 Å². The monoisotopic (exact) mass is 420 g/mol. The van der Waals surface area contributed by atoms with Gasteiger partial charge in [0, 0.05) is 24.3 Å². The van der Waals surface area contributed by atoms with Crippen molar-refractivity contribution in [1.82, 2.24) is 4.31 Å². The number of amides is 1. The molecule has 1 amide bonds. The van der Waals surface area contributed by atoms with Crippen molar-refractivity contribution in [3.8, 4) is 11.5 Å². The van der Waals surface area contributed by atoms with Crippen molar-refractivity contribution in [3.05, 3.63) is 47.5 Å². The Kier molecular flexibility index (Phi) is 7.64. The Morgan fingerprint density at radius 2 is 1.72 bits per heavy atom. The van der Waals surface area contributed by atoms with Crippen molar-refractivity contribution in [2.45, 2.75) is 32.6 Å². The third-order valence-corrected chi connectivity index (χ3v) is 6.69. The molecule has 2 aromatic rings. The van der Waals surface area contributed by atoms with Gasteiger partial charge in [-0.3, -0.25) is 4.79 Å². The molecule has 0 radical (unpaired) electrons. The van der Waals surface area contributed by atoms with Crippen molar-refractivity contribution in [2.75, 3.05) is 32.1 Å². The molecular weight excluding hydrogens is 392 g/mol. The maximum absolute atomic E-state index is 12.9. The Bertz CT molecular complexity index is 969. The molecule has 0 aliphatic rings. The maximum Gasteiger partial charge on any atom is 0.255 e. The first-order valence-electron chi connectivity index (χ1n) is 9.51. The number of aryl methyl sites for hydroxylation is 1. The van der Waals surface area contributed by atoms with Crippen LogP contribution in [-0.2, 0) is 10.0 Å². The first-order chi connectivity index (χ1) is 13.8. The van der Waals surface area contributed by atoms with Gasteiger partial charge in [-0.05, 0) is 49.7 Å². The van der Waals surface area contributed by atoms with Gasteiger partial charge in [0.05, 0.1) is 18.6 Å². The first-order valence-corrected chi connectivity index (χ1v) is 10.9. The summed E-state index contributed by atoms with van der Waals surface area (Å²) in [5.74, 6) is 0.629. The van der Waals surface area contributed by atoms with Crippen LogP contribution in [0.2, 0.25) is 0 Å². The van der Waals surface area contributed by atoms with Crippen LogP contribution >= 0.6 is 0 Å². The Morgan fingerprint density at radius 1 is 1.03 bits per heavy atom. The Hall–Kier alpha value is -2.58. The average molecular weight is 421 g/mol. The molecule has 7 nitrogen and oxygen atoms in total. The van der Waals surface area contributed by atoms with Gasteiger partial charge in [-0.1, -0.05) is 19.9 Å². The minimum absolute atomic E-state index is 0.184. The maximum atomic E-state index is 12.9. The molecule has 0 heterocycles. The van der Waals surface area contributed by atoms with E-state index >= 15 is 0 Å². The molecule has 0 fully saturated rings. The lowest BCUT2D eigenvalue weighted by Crippen LogP contribution is -2.31. The zero-order valence-electron chi connectivity index (χ0n) is 17.5. The van der Waals surface area contributed by atoms with E-state index in [2.05, 4.69) is 5.32 Å². The van der Waals surface area contributed by atoms with Crippen LogP contribution in [-0.4, -0.2) is 45.4 Å². The predicted octanol–water partition coefficient (Wildman–Crippen LogP) is 3.69. The van der Waals surface area contributed by atoms with Gasteiger partial charge in [-0.25, -0.2) is 8.42 Å². The average Bonchev–Trinajstić information content (AvgIpc) is 2.70. The van der Waals surface area contributed by atoms with Crippen molar-refractivity contribution in [3.63, 3.8) is 0 Å². The van der Waals surface area contributed by atoms with Crippen LogP contribution < -0.4 is 14.8 Å².